The number of carbonyl (C=O) groups excluding carboxylic acids is 1. The summed E-state index contributed by atoms with van der Waals surface area (Å²) < 4.78 is 41.8. The van der Waals surface area contributed by atoms with Crippen LogP contribution in [0.25, 0.3) is 5.57 Å². The highest BCUT2D eigenvalue weighted by Crippen LogP contribution is 2.45. The number of para-hydroxylation sites is 1. The number of methoxy groups -OCH3 is 2. The Bertz CT molecular complexity index is 1430. The predicted octanol–water partition coefficient (Wildman–Crippen LogP) is 8.13. The van der Waals surface area contributed by atoms with E-state index in [1.165, 1.54) is 7.11 Å². The van der Waals surface area contributed by atoms with E-state index in [-0.39, 0.29) is 29.7 Å². The van der Waals surface area contributed by atoms with Gasteiger partial charge in [-0.05, 0) is 81.6 Å². The molecule has 2 aliphatic rings. The fourth-order valence-electron chi connectivity index (χ4n) is 6.85. The van der Waals surface area contributed by atoms with E-state index in [4.69, 9.17) is 19.2 Å². The van der Waals surface area contributed by atoms with Crippen molar-refractivity contribution in [2.24, 2.45) is 22.7 Å². The van der Waals surface area contributed by atoms with Crippen molar-refractivity contribution in [1.29, 1.82) is 0 Å². The second kappa shape index (κ2) is 16.0. The van der Waals surface area contributed by atoms with Gasteiger partial charge >= 0.3 is 12.6 Å². The average molecular weight is 622 g/mol. The molecule has 45 heavy (non-hydrogen) atoms. The zero-order valence-electron chi connectivity index (χ0n) is 27.1. The van der Waals surface area contributed by atoms with Gasteiger partial charge < -0.3 is 14.2 Å². The lowest BCUT2D eigenvalue weighted by atomic mass is 9.85. The number of allylic oxidation sites excluding steroid dienone is 5. The van der Waals surface area contributed by atoms with E-state index < -0.39 is 6.61 Å². The monoisotopic (exact) mass is 621 g/mol. The molecular weight excluding hydrogens is 576 g/mol. The zero-order chi connectivity index (χ0) is 32.5. The standard InChI is InChI=1S/C36H45F2N3O4/c1-7-24(27-20-39-32(40-21-27)18-17-26-16-15-25(8-2)33(26)35(42)44-6)14-13-22(3)41-34-23(4)29(19-31(34)43-5)28-11-9-10-12-30(28)45-36(37)38/h7,9-14,20-21,25-26,29,31,33,36H,8,15-19H2,1-6H3/b14-13-,24-7+,41-22?/t25?,26?,29-,31+,33?/m0/s1. The fourth-order valence-corrected chi connectivity index (χ4v) is 6.85. The largest absolute Gasteiger partial charge is 0.469 e. The Morgan fingerprint density at radius 3 is 2.47 bits per heavy atom. The third-order valence-electron chi connectivity index (χ3n) is 9.29. The van der Waals surface area contributed by atoms with Gasteiger partial charge in [-0.3, -0.25) is 9.79 Å². The summed E-state index contributed by atoms with van der Waals surface area (Å²) >= 11 is 0. The van der Waals surface area contributed by atoms with E-state index in [0.717, 1.165) is 66.0 Å². The first-order valence-electron chi connectivity index (χ1n) is 15.8. The first-order valence-corrected chi connectivity index (χ1v) is 15.8. The first-order chi connectivity index (χ1) is 21.7. The van der Waals surface area contributed by atoms with Gasteiger partial charge in [0.05, 0.1) is 24.8 Å². The van der Waals surface area contributed by atoms with Crippen LogP contribution in [0, 0.1) is 17.8 Å². The number of benzene rings is 1. The number of halogens is 2. The molecule has 2 aliphatic carbocycles. The average Bonchev–Trinajstić information content (AvgIpc) is 3.60. The molecule has 0 N–H and O–H groups in total. The van der Waals surface area contributed by atoms with Gasteiger partial charge in [0.25, 0.3) is 0 Å². The highest BCUT2D eigenvalue weighted by Gasteiger charge is 2.40. The topological polar surface area (TPSA) is 82.9 Å². The van der Waals surface area contributed by atoms with Gasteiger partial charge in [-0.25, -0.2) is 9.97 Å². The molecule has 242 valence electrons. The number of hydrogen-bond acceptors (Lipinski definition) is 7. The van der Waals surface area contributed by atoms with E-state index in [1.54, 1.807) is 19.2 Å². The summed E-state index contributed by atoms with van der Waals surface area (Å²) in [7, 11) is 3.11. The van der Waals surface area contributed by atoms with Gasteiger partial charge in [0.15, 0.2) is 0 Å². The molecule has 0 aliphatic heterocycles. The molecule has 0 radical (unpaired) electrons. The molecule has 9 heteroatoms. The minimum absolute atomic E-state index is 0.0342. The van der Waals surface area contributed by atoms with Crippen molar-refractivity contribution in [2.45, 2.75) is 84.9 Å². The SMILES string of the molecule is C/C=C(\C=C/C(C)=NC1=C(C)[C@@H](c2ccccc2OC(F)F)C[C@H]1OC)c1cnc(CCC2CCC(CC)C2C(=O)OC)nc1. The minimum Gasteiger partial charge on any atom is -0.469 e. The highest BCUT2D eigenvalue weighted by atomic mass is 19.3. The van der Waals surface area contributed by atoms with Gasteiger partial charge in [0.2, 0.25) is 0 Å². The van der Waals surface area contributed by atoms with Crippen LogP contribution >= 0.6 is 0 Å². The molecule has 0 amide bonds. The van der Waals surface area contributed by atoms with Gasteiger partial charge in [-0.2, -0.15) is 8.78 Å². The summed E-state index contributed by atoms with van der Waals surface area (Å²) in [5, 5.41) is 0. The normalized spacial score (nSPS) is 24.2. The lowest BCUT2D eigenvalue weighted by Gasteiger charge is -2.21. The molecular formula is C36H45F2N3O4. The van der Waals surface area contributed by atoms with Crippen molar-refractivity contribution in [2.75, 3.05) is 14.2 Å². The number of esters is 1. The lowest BCUT2D eigenvalue weighted by molar-refractivity contribution is -0.148. The number of alkyl halides is 2. The van der Waals surface area contributed by atoms with Crippen molar-refractivity contribution in [1.82, 2.24) is 9.97 Å². The van der Waals surface area contributed by atoms with Gasteiger partial charge in [0.1, 0.15) is 11.6 Å². The Labute approximate surface area is 265 Å². The van der Waals surface area contributed by atoms with Gasteiger partial charge in [-0.1, -0.05) is 43.7 Å². The molecule has 1 aromatic carbocycles. The number of aryl methyl sites for hydroxylation is 1. The Morgan fingerprint density at radius 1 is 1.11 bits per heavy atom. The number of carbonyl (C=O) groups is 1. The van der Waals surface area contributed by atoms with Gasteiger partial charge in [-0.15, -0.1) is 0 Å². The van der Waals surface area contributed by atoms with Crippen LogP contribution in [0.4, 0.5) is 8.78 Å². The smallest absolute Gasteiger partial charge is 0.387 e. The van der Waals surface area contributed by atoms with E-state index in [1.807, 2.05) is 63.5 Å². The Morgan fingerprint density at radius 2 is 1.82 bits per heavy atom. The summed E-state index contributed by atoms with van der Waals surface area (Å²) in [5.74, 6) is 1.36. The van der Waals surface area contributed by atoms with E-state index in [9.17, 15) is 13.6 Å². The van der Waals surface area contributed by atoms with Crippen molar-refractivity contribution in [3.8, 4) is 5.75 Å². The van der Waals surface area contributed by atoms with Crippen LogP contribution in [0.15, 0.2) is 71.1 Å². The molecule has 1 saturated carbocycles. The summed E-state index contributed by atoms with van der Waals surface area (Å²) in [6.45, 7) is 5.10. The molecule has 1 heterocycles. The quantitative estimate of drug-likeness (QED) is 0.128. The van der Waals surface area contributed by atoms with Crippen LogP contribution in [-0.2, 0) is 20.7 Å². The molecule has 0 bridgehead atoms. The third-order valence-corrected chi connectivity index (χ3v) is 9.29. The molecule has 2 aromatic rings. The molecule has 5 atom stereocenters. The maximum absolute atomic E-state index is 13.0. The number of rotatable bonds is 13. The number of aromatic nitrogens is 2. The van der Waals surface area contributed by atoms with E-state index >= 15 is 0 Å². The molecule has 0 saturated heterocycles. The maximum Gasteiger partial charge on any atom is 0.387 e. The Balaban J connectivity index is 1.44. The van der Waals surface area contributed by atoms with Crippen LogP contribution in [-0.4, -0.2) is 48.6 Å². The van der Waals surface area contributed by atoms with Crippen LogP contribution in [0.5, 0.6) is 5.75 Å². The van der Waals surface area contributed by atoms with Crippen LogP contribution in [0.3, 0.4) is 0 Å². The van der Waals surface area contributed by atoms with Crippen molar-refractivity contribution >= 4 is 17.3 Å². The van der Waals surface area contributed by atoms with E-state index in [0.29, 0.717) is 23.8 Å². The number of nitrogens with zero attached hydrogens (tertiary/aromatic N) is 3. The van der Waals surface area contributed by atoms with Crippen LogP contribution < -0.4 is 4.74 Å². The van der Waals surface area contributed by atoms with Crippen molar-refractivity contribution in [3.05, 3.63) is 83.1 Å². The number of aliphatic imine (C=N–C) groups is 1. The molecule has 1 aromatic heterocycles. The molecule has 0 spiro atoms. The zero-order valence-corrected chi connectivity index (χ0v) is 27.1. The summed E-state index contributed by atoms with van der Waals surface area (Å²) in [6, 6.07) is 6.90. The summed E-state index contributed by atoms with van der Waals surface area (Å²) in [4.78, 5) is 26.6. The summed E-state index contributed by atoms with van der Waals surface area (Å²) in [6.07, 6.45) is 14.6. The van der Waals surface area contributed by atoms with Crippen molar-refractivity contribution in [3.63, 3.8) is 0 Å². The first kappa shape index (κ1) is 34.2. The number of hydrogen-bond donors (Lipinski definition) is 0. The van der Waals surface area contributed by atoms with Crippen LogP contribution in [0.1, 0.15) is 82.7 Å². The fraction of sp³-hybridized carbons (Fsp3) is 0.500. The molecule has 7 nitrogen and oxygen atoms in total. The maximum atomic E-state index is 13.0. The predicted molar refractivity (Wildman–Crippen MR) is 172 cm³/mol. The van der Waals surface area contributed by atoms with Crippen molar-refractivity contribution < 1.29 is 27.8 Å². The van der Waals surface area contributed by atoms with E-state index in [2.05, 4.69) is 16.9 Å². The Hall–Kier alpha value is -3.72. The van der Waals surface area contributed by atoms with Gasteiger partial charge in [0, 0.05) is 48.7 Å². The lowest BCUT2D eigenvalue weighted by Crippen LogP contribution is -2.26. The molecule has 1 fully saturated rings. The number of ether oxygens (including phenoxy) is 3. The molecule has 3 unspecified atom stereocenters. The third kappa shape index (κ3) is 8.31. The van der Waals surface area contributed by atoms with Crippen LogP contribution in [0.2, 0.25) is 0 Å². The minimum atomic E-state index is -2.89. The summed E-state index contributed by atoms with van der Waals surface area (Å²) in [5.41, 5.74) is 5.10. The Kier molecular flexibility index (Phi) is 12.2. The highest BCUT2D eigenvalue weighted by molar-refractivity contribution is 5.96. The molecule has 4 rings (SSSR count). The second-order valence-corrected chi connectivity index (χ2v) is 11.8. The second-order valence-electron chi connectivity index (χ2n) is 11.8.